The summed E-state index contributed by atoms with van der Waals surface area (Å²) in [5.74, 6) is -0.157. The molecule has 0 aliphatic carbocycles. The Kier molecular flexibility index (Phi) is 7.14. The Morgan fingerprint density at radius 1 is 1.62 bits per heavy atom. The van der Waals surface area contributed by atoms with Crippen molar-refractivity contribution < 1.29 is 4.79 Å². The van der Waals surface area contributed by atoms with Gasteiger partial charge in [-0.2, -0.15) is 0 Å². The summed E-state index contributed by atoms with van der Waals surface area (Å²) in [5.41, 5.74) is 5.20. The van der Waals surface area contributed by atoms with E-state index in [4.69, 9.17) is 5.73 Å². The van der Waals surface area contributed by atoms with Gasteiger partial charge in [0, 0.05) is 19.6 Å². The second-order valence-corrected chi connectivity index (χ2v) is 2.92. The van der Waals surface area contributed by atoms with Crippen molar-refractivity contribution in [2.45, 2.75) is 0 Å². The molecule has 0 saturated carbocycles. The summed E-state index contributed by atoms with van der Waals surface area (Å²) in [6.45, 7) is 2.44. The summed E-state index contributed by atoms with van der Waals surface area (Å²) < 4.78 is 0. The van der Waals surface area contributed by atoms with Crippen LogP contribution in [0.3, 0.4) is 0 Å². The summed E-state index contributed by atoms with van der Waals surface area (Å²) in [4.78, 5) is 16.8. The van der Waals surface area contributed by atoms with Gasteiger partial charge in [-0.05, 0) is 14.1 Å². The van der Waals surface area contributed by atoms with Gasteiger partial charge in [-0.1, -0.05) is 0 Å². The second kappa shape index (κ2) is 7.70. The molecular formula is C8H18N4O. The zero-order valence-corrected chi connectivity index (χ0v) is 8.29. The Bertz CT molecular complexity index is 168. The van der Waals surface area contributed by atoms with E-state index in [2.05, 4.69) is 10.3 Å². The number of nitrogens with one attached hydrogen (secondary N) is 1. The second-order valence-electron chi connectivity index (χ2n) is 2.92. The predicted octanol–water partition coefficient (Wildman–Crippen LogP) is -1.31. The largest absolute Gasteiger partial charge is 0.350 e. The van der Waals surface area contributed by atoms with E-state index >= 15 is 0 Å². The molecule has 0 radical (unpaired) electrons. The number of hydrogen-bond acceptors (Lipinski definition) is 4. The Morgan fingerprint density at radius 2 is 2.31 bits per heavy atom. The van der Waals surface area contributed by atoms with Crippen LogP contribution in [0.2, 0.25) is 0 Å². The molecule has 0 unspecified atom stereocenters. The van der Waals surface area contributed by atoms with Crippen molar-refractivity contribution >= 4 is 12.1 Å². The first-order chi connectivity index (χ1) is 6.16. The van der Waals surface area contributed by atoms with Crippen LogP contribution in [0.5, 0.6) is 0 Å². The van der Waals surface area contributed by atoms with E-state index in [-0.39, 0.29) is 5.91 Å². The average Bonchev–Trinajstić information content (AvgIpc) is 2.04. The lowest BCUT2D eigenvalue weighted by molar-refractivity contribution is -0.114. The normalized spacial score (nSPS) is 11.1. The number of hydrogen-bond donors (Lipinski definition) is 2. The fourth-order valence-corrected chi connectivity index (χ4v) is 0.670. The maximum atomic E-state index is 11.0. The quantitative estimate of drug-likeness (QED) is 0.506. The van der Waals surface area contributed by atoms with Gasteiger partial charge in [-0.3, -0.25) is 9.79 Å². The van der Waals surface area contributed by atoms with Gasteiger partial charge in [0.1, 0.15) is 0 Å². The highest BCUT2D eigenvalue weighted by molar-refractivity contribution is 6.26. The highest BCUT2D eigenvalue weighted by Crippen LogP contribution is 1.71. The predicted molar refractivity (Wildman–Crippen MR) is 54.0 cm³/mol. The van der Waals surface area contributed by atoms with E-state index in [1.165, 1.54) is 6.21 Å². The van der Waals surface area contributed by atoms with Crippen molar-refractivity contribution in [1.29, 1.82) is 0 Å². The lowest BCUT2D eigenvalue weighted by Crippen LogP contribution is -2.32. The molecule has 0 bridgehead atoms. The number of likely N-dealkylation sites (N-methyl/N-ethyl adjacent to an activating group) is 1. The van der Waals surface area contributed by atoms with Gasteiger partial charge in [0.25, 0.3) is 5.91 Å². The molecular weight excluding hydrogens is 168 g/mol. The van der Waals surface area contributed by atoms with Gasteiger partial charge in [-0.15, -0.1) is 0 Å². The maximum Gasteiger partial charge on any atom is 0.262 e. The highest BCUT2D eigenvalue weighted by Gasteiger charge is 1.94. The van der Waals surface area contributed by atoms with Gasteiger partial charge in [0.05, 0.1) is 12.8 Å². The molecule has 13 heavy (non-hydrogen) atoms. The molecule has 0 saturated heterocycles. The molecule has 5 heteroatoms. The van der Waals surface area contributed by atoms with Crippen molar-refractivity contribution in [3.8, 4) is 0 Å². The number of carbonyl (C=O) groups is 1. The number of aliphatic imine (C=N–C) groups is 1. The van der Waals surface area contributed by atoms with Gasteiger partial charge < -0.3 is 16.0 Å². The van der Waals surface area contributed by atoms with Crippen LogP contribution in [-0.2, 0) is 4.79 Å². The van der Waals surface area contributed by atoms with Crippen molar-refractivity contribution in [2.24, 2.45) is 10.7 Å². The van der Waals surface area contributed by atoms with E-state index in [0.717, 1.165) is 6.54 Å². The standard InChI is InChI=1S/C8H18N4O/c1-12(2)6-5-11-8(13)7-10-4-3-9/h7H,3-6,9H2,1-2H3,(H,11,13). The van der Waals surface area contributed by atoms with Crippen LogP contribution in [0, 0.1) is 0 Å². The Labute approximate surface area is 79.0 Å². The van der Waals surface area contributed by atoms with E-state index < -0.39 is 0 Å². The molecule has 0 heterocycles. The van der Waals surface area contributed by atoms with Crippen LogP contribution in [0.1, 0.15) is 0 Å². The van der Waals surface area contributed by atoms with Crippen LogP contribution in [-0.4, -0.2) is 57.3 Å². The van der Waals surface area contributed by atoms with E-state index in [1.54, 1.807) is 0 Å². The van der Waals surface area contributed by atoms with Crippen LogP contribution < -0.4 is 11.1 Å². The fraction of sp³-hybridized carbons (Fsp3) is 0.750. The summed E-state index contributed by atoms with van der Waals surface area (Å²) in [7, 11) is 3.91. The topological polar surface area (TPSA) is 70.7 Å². The van der Waals surface area contributed by atoms with E-state index in [9.17, 15) is 4.79 Å². The maximum absolute atomic E-state index is 11.0. The molecule has 0 atom stereocenters. The summed E-state index contributed by atoms with van der Waals surface area (Å²) in [5, 5.41) is 2.70. The van der Waals surface area contributed by atoms with E-state index in [1.807, 2.05) is 19.0 Å². The lowest BCUT2D eigenvalue weighted by atomic mass is 10.5. The third kappa shape index (κ3) is 8.97. The van der Waals surface area contributed by atoms with Crippen LogP contribution in [0.25, 0.3) is 0 Å². The molecule has 76 valence electrons. The smallest absolute Gasteiger partial charge is 0.262 e. The average molecular weight is 186 g/mol. The van der Waals surface area contributed by atoms with Crippen molar-refractivity contribution in [1.82, 2.24) is 10.2 Å². The van der Waals surface area contributed by atoms with Crippen LogP contribution >= 0.6 is 0 Å². The molecule has 0 spiro atoms. The molecule has 0 aliphatic heterocycles. The molecule has 0 aliphatic rings. The first-order valence-electron chi connectivity index (χ1n) is 4.29. The van der Waals surface area contributed by atoms with Gasteiger partial charge in [0.2, 0.25) is 0 Å². The molecule has 5 nitrogen and oxygen atoms in total. The summed E-state index contributed by atoms with van der Waals surface area (Å²) in [6.07, 6.45) is 1.28. The first-order valence-corrected chi connectivity index (χ1v) is 4.29. The van der Waals surface area contributed by atoms with E-state index in [0.29, 0.717) is 19.6 Å². The number of nitrogens with two attached hydrogens (primary N) is 1. The minimum atomic E-state index is -0.157. The Hall–Kier alpha value is -0.940. The number of rotatable bonds is 6. The molecule has 0 aromatic rings. The highest BCUT2D eigenvalue weighted by atomic mass is 16.1. The van der Waals surface area contributed by atoms with Crippen LogP contribution in [0.15, 0.2) is 4.99 Å². The Morgan fingerprint density at radius 3 is 2.85 bits per heavy atom. The third-order valence-corrected chi connectivity index (χ3v) is 1.32. The number of nitrogens with zero attached hydrogens (tertiary/aromatic N) is 2. The monoisotopic (exact) mass is 186 g/mol. The Balaban J connectivity index is 3.40. The summed E-state index contributed by atoms with van der Waals surface area (Å²) >= 11 is 0. The summed E-state index contributed by atoms with van der Waals surface area (Å²) in [6, 6.07) is 0. The fourth-order valence-electron chi connectivity index (χ4n) is 0.670. The van der Waals surface area contributed by atoms with Crippen LogP contribution in [0.4, 0.5) is 0 Å². The molecule has 0 rings (SSSR count). The minimum absolute atomic E-state index is 0.157. The molecule has 0 aromatic carbocycles. The van der Waals surface area contributed by atoms with Gasteiger partial charge in [0.15, 0.2) is 0 Å². The minimum Gasteiger partial charge on any atom is -0.350 e. The number of amides is 1. The molecule has 3 N–H and O–H groups in total. The van der Waals surface area contributed by atoms with Crippen molar-refractivity contribution in [3.05, 3.63) is 0 Å². The van der Waals surface area contributed by atoms with Crippen molar-refractivity contribution in [2.75, 3.05) is 40.3 Å². The SMILES string of the molecule is CN(C)CCNC(=O)C=NCCN. The molecule has 0 fully saturated rings. The lowest BCUT2D eigenvalue weighted by Gasteiger charge is -2.08. The van der Waals surface area contributed by atoms with Gasteiger partial charge >= 0.3 is 0 Å². The first kappa shape index (κ1) is 12.1. The molecule has 0 aromatic heterocycles. The molecule has 1 amide bonds. The number of carbonyl (C=O) groups excluding carboxylic acids is 1. The zero-order chi connectivity index (χ0) is 10.1. The van der Waals surface area contributed by atoms with Gasteiger partial charge in [-0.25, -0.2) is 0 Å². The van der Waals surface area contributed by atoms with Crippen molar-refractivity contribution in [3.63, 3.8) is 0 Å². The third-order valence-electron chi connectivity index (χ3n) is 1.32. The zero-order valence-electron chi connectivity index (χ0n) is 8.29.